The summed E-state index contributed by atoms with van der Waals surface area (Å²) in [5.41, 5.74) is 1.19. The van der Waals surface area contributed by atoms with Crippen molar-refractivity contribution in [3.8, 4) is 0 Å². The average Bonchev–Trinajstić information content (AvgIpc) is 1.89. The minimum atomic E-state index is 1.01. The molecule has 2 nitrogen and oxygen atoms in total. The fourth-order valence-corrected chi connectivity index (χ4v) is 1.10. The quantitative estimate of drug-likeness (QED) is 0.553. The highest BCUT2D eigenvalue weighted by Crippen LogP contribution is 2.13. The lowest BCUT2D eigenvalue weighted by molar-refractivity contribution is 0.908. The van der Waals surface area contributed by atoms with E-state index in [9.17, 15) is 0 Å². The van der Waals surface area contributed by atoms with E-state index in [2.05, 4.69) is 10.2 Å². The molecule has 0 atom stereocenters. The van der Waals surface area contributed by atoms with Gasteiger partial charge in [-0.2, -0.15) is 5.10 Å². The molecule has 0 spiro atoms. The second-order valence-electron chi connectivity index (χ2n) is 1.72. The second kappa shape index (κ2) is 2.82. The molecule has 0 bridgehead atoms. The number of hydrogen-bond acceptors (Lipinski definition) is 3. The van der Waals surface area contributed by atoms with Gasteiger partial charge in [0.2, 0.25) is 0 Å². The van der Waals surface area contributed by atoms with Crippen molar-refractivity contribution >= 4 is 11.8 Å². The molecule has 0 aliphatic rings. The normalized spacial score (nSPS) is 9.56. The Hall–Kier alpha value is -0.570. The number of aryl methyl sites for hydroxylation is 1. The summed E-state index contributed by atoms with van der Waals surface area (Å²) >= 11 is 1.62. The van der Waals surface area contributed by atoms with Crippen LogP contribution in [0.2, 0.25) is 0 Å². The lowest BCUT2D eigenvalue weighted by atomic mass is 10.4. The van der Waals surface area contributed by atoms with Crippen LogP contribution in [0, 0.1) is 6.92 Å². The van der Waals surface area contributed by atoms with Gasteiger partial charge < -0.3 is 0 Å². The summed E-state index contributed by atoms with van der Waals surface area (Å²) in [5.74, 6) is 0. The zero-order valence-electron chi connectivity index (χ0n) is 5.46. The molecule has 9 heavy (non-hydrogen) atoms. The van der Waals surface area contributed by atoms with Crippen molar-refractivity contribution in [3.05, 3.63) is 17.8 Å². The van der Waals surface area contributed by atoms with Crippen LogP contribution in [0.4, 0.5) is 0 Å². The van der Waals surface area contributed by atoms with Gasteiger partial charge >= 0.3 is 0 Å². The largest absolute Gasteiger partial charge is 0.158 e. The molecule has 0 saturated carbocycles. The van der Waals surface area contributed by atoms with E-state index in [1.807, 2.05) is 19.2 Å². The predicted octanol–water partition coefficient (Wildman–Crippen LogP) is 1.51. The smallest absolute Gasteiger partial charge is 0.121 e. The first kappa shape index (κ1) is 6.55. The first-order valence-corrected chi connectivity index (χ1v) is 3.89. The maximum Gasteiger partial charge on any atom is 0.121 e. The fraction of sp³-hybridized carbons (Fsp3) is 0.333. The van der Waals surface area contributed by atoms with Crippen molar-refractivity contribution in [2.24, 2.45) is 0 Å². The third-order valence-corrected chi connectivity index (χ3v) is 1.86. The van der Waals surface area contributed by atoms with Crippen molar-refractivity contribution in [3.63, 3.8) is 0 Å². The molecular weight excluding hydrogens is 132 g/mol. The zero-order chi connectivity index (χ0) is 6.69. The van der Waals surface area contributed by atoms with Crippen molar-refractivity contribution < 1.29 is 0 Å². The topological polar surface area (TPSA) is 25.8 Å². The van der Waals surface area contributed by atoms with Gasteiger partial charge in [-0.05, 0) is 24.8 Å². The molecule has 0 aliphatic carbocycles. The summed E-state index contributed by atoms with van der Waals surface area (Å²) in [7, 11) is 0. The van der Waals surface area contributed by atoms with Crippen molar-refractivity contribution in [2.75, 3.05) is 6.26 Å². The van der Waals surface area contributed by atoms with Crippen LogP contribution in [0.1, 0.15) is 5.56 Å². The summed E-state index contributed by atoms with van der Waals surface area (Å²) in [6, 6.07) is 1.96. The molecule has 0 aromatic carbocycles. The maximum atomic E-state index is 3.91. The van der Waals surface area contributed by atoms with Gasteiger partial charge in [-0.1, -0.05) is 0 Å². The number of rotatable bonds is 1. The van der Waals surface area contributed by atoms with Crippen LogP contribution in [-0.2, 0) is 0 Å². The van der Waals surface area contributed by atoms with Gasteiger partial charge in [-0.3, -0.25) is 0 Å². The van der Waals surface area contributed by atoms with E-state index >= 15 is 0 Å². The summed E-state index contributed by atoms with van der Waals surface area (Å²) in [6.45, 7) is 2.03. The summed E-state index contributed by atoms with van der Waals surface area (Å²) in [4.78, 5) is 0. The Bertz CT molecular complexity index is 200. The van der Waals surface area contributed by atoms with E-state index in [1.54, 1.807) is 18.0 Å². The Morgan fingerprint density at radius 1 is 1.56 bits per heavy atom. The molecule has 0 unspecified atom stereocenters. The van der Waals surface area contributed by atoms with Gasteiger partial charge in [0.15, 0.2) is 0 Å². The molecule has 0 radical (unpaired) electrons. The predicted molar refractivity (Wildman–Crippen MR) is 38.6 cm³/mol. The third kappa shape index (κ3) is 1.42. The monoisotopic (exact) mass is 140 g/mol. The average molecular weight is 140 g/mol. The molecule has 0 saturated heterocycles. The molecule has 48 valence electrons. The van der Waals surface area contributed by atoms with Gasteiger partial charge in [0, 0.05) is 6.20 Å². The molecule has 0 aliphatic heterocycles. The fourth-order valence-electron chi connectivity index (χ4n) is 0.583. The number of hydrogen-bond donors (Lipinski definition) is 0. The van der Waals surface area contributed by atoms with E-state index in [1.165, 1.54) is 5.56 Å². The first-order chi connectivity index (χ1) is 4.34. The minimum absolute atomic E-state index is 1.01. The van der Waals surface area contributed by atoms with E-state index in [-0.39, 0.29) is 0 Å². The molecule has 1 heterocycles. The molecule has 1 aromatic rings. The van der Waals surface area contributed by atoms with Crippen LogP contribution < -0.4 is 0 Å². The molecule has 1 aromatic heterocycles. The van der Waals surface area contributed by atoms with E-state index in [0.29, 0.717) is 0 Å². The molecule has 1 rings (SSSR count). The van der Waals surface area contributed by atoms with Crippen LogP contribution in [0.5, 0.6) is 0 Å². The van der Waals surface area contributed by atoms with Crippen LogP contribution in [0.25, 0.3) is 0 Å². The maximum absolute atomic E-state index is 3.91. The van der Waals surface area contributed by atoms with Crippen LogP contribution in [0.3, 0.4) is 0 Å². The molecular formula is C6H8N2S. The molecule has 0 amide bonds. The second-order valence-corrected chi connectivity index (χ2v) is 2.52. The van der Waals surface area contributed by atoms with Gasteiger partial charge in [-0.15, -0.1) is 16.9 Å². The number of thioether (sulfide) groups is 1. The van der Waals surface area contributed by atoms with E-state index < -0.39 is 0 Å². The summed E-state index contributed by atoms with van der Waals surface area (Å²) in [6.07, 6.45) is 3.70. The lowest BCUT2D eigenvalue weighted by Gasteiger charge is -1.95. The highest BCUT2D eigenvalue weighted by Gasteiger charge is 1.93. The van der Waals surface area contributed by atoms with Crippen molar-refractivity contribution in [2.45, 2.75) is 11.9 Å². The summed E-state index contributed by atoms with van der Waals surface area (Å²) < 4.78 is 0. The van der Waals surface area contributed by atoms with Crippen molar-refractivity contribution in [1.29, 1.82) is 0 Å². The Labute approximate surface area is 58.7 Å². The van der Waals surface area contributed by atoms with Gasteiger partial charge in [-0.25, -0.2) is 0 Å². The first-order valence-electron chi connectivity index (χ1n) is 2.67. The van der Waals surface area contributed by atoms with Crippen molar-refractivity contribution in [1.82, 2.24) is 10.2 Å². The van der Waals surface area contributed by atoms with Gasteiger partial charge in [0.1, 0.15) is 5.03 Å². The Morgan fingerprint density at radius 3 is 2.78 bits per heavy atom. The van der Waals surface area contributed by atoms with E-state index in [4.69, 9.17) is 0 Å². The van der Waals surface area contributed by atoms with Crippen LogP contribution >= 0.6 is 11.8 Å². The Morgan fingerprint density at radius 2 is 2.33 bits per heavy atom. The van der Waals surface area contributed by atoms with Gasteiger partial charge in [0.05, 0.1) is 0 Å². The third-order valence-electron chi connectivity index (χ3n) is 1.07. The standard InChI is InChI=1S/C6H8N2S/c1-5-3-4-7-8-6(5)9-2/h3-4H,1-2H3. The summed E-state index contributed by atoms with van der Waals surface area (Å²) in [5, 5.41) is 8.67. The highest BCUT2D eigenvalue weighted by atomic mass is 32.2. The highest BCUT2D eigenvalue weighted by molar-refractivity contribution is 7.98. The lowest BCUT2D eigenvalue weighted by Crippen LogP contribution is -1.85. The SMILES string of the molecule is CSc1nnccc1C. The molecule has 0 N–H and O–H groups in total. The molecule has 3 heteroatoms. The Balaban J connectivity index is 3.01. The molecule has 0 fully saturated rings. The zero-order valence-corrected chi connectivity index (χ0v) is 6.27. The van der Waals surface area contributed by atoms with Gasteiger partial charge in [0.25, 0.3) is 0 Å². The van der Waals surface area contributed by atoms with E-state index in [0.717, 1.165) is 5.03 Å². The Kier molecular flexibility index (Phi) is 2.05. The minimum Gasteiger partial charge on any atom is -0.158 e. The number of nitrogens with zero attached hydrogens (tertiary/aromatic N) is 2. The van der Waals surface area contributed by atoms with Crippen LogP contribution in [-0.4, -0.2) is 16.5 Å². The van der Waals surface area contributed by atoms with Crippen LogP contribution in [0.15, 0.2) is 17.3 Å². The number of aromatic nitrogens is 2.